The van der Waals surface area contributed by atoms with Crippen LogP contribution in [-0.2, 0) is 6.54 Å². The van der Waals surface area contributed by atoms with E-state index in [4.69, 9.17) is 5.73 Å². The van der Waals surface area contributed by atoms with Gasteiger partial charge < -0.3 is 11.1 Å². The summed E-state index contributed by atoms with van der Waals surface area (Å²) in [5.74, 6) is 0.800. The maximum atomic E-state index is 5.84. The minimum Gasteiger partial charge on any atom is -0.398 e. The van der Waals surface area contributed by atoms with E-state index in [1.165, 1.54) is 18.4 Å². The summed E-state index contributed by atoms with van der Waals surface area (Å²) in [6.45, 7) is 6.47. The number of nitrogens with two attached hydrogens (primary N) is 1. The van der Waals surface area contributed by atoms with Crippen LogP contribution in [0, 0.1) is 5.92 Å². The number of benzene rings is 1. The van der Waals surface area contributed by atoms with E-state index in [0.29, 0.717) is 0 Å². The van der Waals surface area contributed by atoms with Crippen LogP contribution in [0.25, 0.3) is 0 Å². The van der Waals surface area contributed by atoms with E-state index >= 15 is 0 Å². The molecule has 0 bridgehead atoms. The van der Waals surface area contributed by atoms with E-state index in [1.54, 1.807) is 0 Å². The monoisotopic (exact) mass is 206 g/mol. The van der Waals surface area contributed by atoms with Crippen molar-refractivity contribution in [2.24, 2.45) is 5.92 Å². The zero-order valence-electron chi connectivity index (χ0n) is 9.79. The van der Waals surface area contributed by atoms with Crippen molar-refractivity contribution in [2.45, 2.75) is 33.2 Å². The van der Waals surface area contributed by atoms with Crippen molar-refractivity contribution in [1.29, 1.82) is 0 Å². The quantitative estimate of drug-likeness (QED) is 0.555. The minimum atomic E-state index is 0.800. The third kappa shape index (κ3) is 4.84. The molecular weight excluding hydrogens is 184 g/mol. The first-order chi connectivity index (χ1) is 7.20. The van der Waals surface area contributed by atoms with Crippen molar-refractivity contribution in [3.8, 4) is 0 Å². The molecule has 1 rings (SSSR count). The smallest absolute Gasteiger partial charge is 0.0359 e. The molecule has 0 spiro atoms. The minimum absolute atomic E-state index is 0.800. The number of nitrogen functional groups attached to an aromatic ring is 1. The molecule has 2 nitrogen and oxygen atoms in total. The first-order valence-electron chi connectivity index (χ1n) is 5.74. The third-order valence-electron chi connectivity index (χ3n) is 2.51. The molecule has 0 aromatic heterocycles. The molecule has 1 aromatic carbocycles. The van der Waals surface area contributed by atoms with Crippen LogP contribution in [0.1, 0.15) is 32.3 Å². The maximum Gasteiger partial charge on any atom is 0.0359 e. The third-order valence-corrected chi connectivity index (χ3v) is 2.51. The lowest BCUT2D eigenvalue weighted by molar-refractivity contribution is 0.527. The highest BCUT2D eigenvalue weighted by Gasteiger charge is 1.97. The van der Waals surface area contributed by atoms with Gasteiger partial charge in [0.25, 0.3) is 0 Å². The number of rotatable bonds is 6. The normalized spacial score (nSPS) is 10.9. The number of hydrogen-bond donors (Lipinski definition) is 2. The predicted octanol–water partition coefficient (Wildman–Crippen LogP) is 2.79. The van der Waals surface area contributed by atoms with Gasteiger partial charge in [-0.05, 0) is 36.9 Å². The fourth-order valence-corrected chi connectivity index (χ4v) is 1.55. The summed E-state index contributed by atoms with van der Waals surface area (Å²) in [7, 11) is 0. The topological polar surface area (TPSA) is 38.0 Å². The van der Waals surface area contributed by atoms with E-state index in [-0.39, 0.29) is 0 Å². The zero-order valence-corrected chi connectivity index (χ0v) is 9.79. The Bertz CT molecular complexity index is 282. The Kier molecular flexibility index (Phi) is 5.19. The van der Waals surface area contributed by atoms with Crippen molar-refractivity contribution < 1.29 is 0 Å². The van der Waals surface area contributed by atoms with Crippen LogP contribution >= 0.6 is 0 Å². The molecule has 0 unspecified atom stereocenters. The molecular formula is C13H22N2. The average Bonchev–Trinajstić information content (AvgIpc) is 2.20. The highest BCUT2D eigenvalue weighted by atomic mass is 14.8. The second-order valence-electron chi connectivity index (χ2n) is 4.41. The van der Waals surface area contributed by atoms with Crippen LogP contribution in [0.2, 0.25) is 0 Å². The molecule has 0 saturated heterocycles. The molecule has 0 heterocycles. The van der Waals surface area contributed by atoms with Crippen LogP contribution in [0.5, 0.6) is 0 Å². The largest absolute Gasteiger partial charge is 0.398 e. The highest BCUT2D eigenvalue weighted by molar-refractivity contribution is 5.46. The molecule has 1 aromatic rings. The molecule has 0 aliphatic carbocycles. The van der Waals surface area contributed by atoms with Gasteiger partial charge in [0.15, 0.2) is 0 Å². The van der Waals surface area contributed by atoms with Gasteiger partial charge in [-0.25, -0.2) is 0 Å². The van der Waals surface area contributed by atoms with Crippen LogP contribution in [0.3, 0.4) is 0 Å². The van der Waals surface area contributed by atoms with Crippen LogP contribution in [0.15, 0.2) is 24.3 Å². The van der Waals surface area contributed by atoms with Gasteiger partial charge in [0.1, 0.15) is 0 Å². The van der Waals surface area contributed by atoms with Gasteiger partial charge in [-0.2, -0.15) is 0 Å². The van der Waals surface area contributed by atoms with Crippen molar-refractivity contribution in [3.05, 3.63) is 29.8 Å². The van der Waals surface area contributed by atoms with E-state index in [0.717, 1.165) is 24.7 Å². The van der Waals surface area contributed by atoms with Gasteiger partial charge in [-0.1, -0.05) is 32.0 Å². The number of para-hydroxylation sites is 1. The summed E-state index contributed by atoms with van der Waals surface area (Å²) >= 11 is 0. The Morgan fingerprint density at radius 1 is 1.27 bits per heavy atom. The Labute approximate surface area is 92.9 Å². The zero-order chi connectivity index (χ0) is 11.1. The lowest BCUT2D eigenvalue weighted by Gasteiger charge is -2.08. The van der Waals surface area contributed by atoms with Crippen LogP contribution in [0.4, 0.5) is 5.69 Å². The summed E-state index contributed by atoms with van der Waals surface area (Å²) in [6, 6.07) is 8.02. The first-order valence-corrected chi connectivity index (χ1v) is 5.74. The van der Waals surface area contributed by atoms with Gasteiger partial charge in [0, 0.05) is 12.2 Å². The Morgan fingerprint density at radius 2 is 2.00 bits per heavy atom. The standard InChI is InChI=1S/C13H22N2/c1-11(2)6-5-9-15-10-12-7-3-4-8-13(12)14/h3-4,7-8,11,15H,5-6,9-10,14H2,1-2H3. The van der Waals surface area contributed by atoms with Crippen LogP contribution in [-0.4, -0.2) is 6.54 Å². The van der Waals surface area contributed by atoms with Crippen molar-refractivity contribution in [2.75, 3.05) is 12.3 Å². The summed E-state index contributed by atoms with van der Waals surface area (Å²) in [5, 5.41) is 3.42. The molecule has 0 fully saturated rings. The summed E-state index contributed by atoms with van der Waals surface area (Å²) in [4.78, 5) is 0. The predicted molar refractivity (Wildman–Crippen MR) is 66.6 cm³/mol. The first kappa shape index (κ1) is 12.1. The van der Waals surface area contributed by atoms with Gasteiger partial charge in [-0.15, -0.1) is 0 Å². The molecule has 0 aliphatic rings. The Morgan fingerprint density at radius 3 is 2.67 bits per heavy atom. The number of anilines is 1. The number of nitrogens with one attached hydrogen (secondary N) is 1. The fraction of sp³-hybridized carbons (Fsp3) is 0.538. The van der Waals surface area contributed by atoms with E-state index in [1.807, 2.05) is 18.2 Å². The van der Waals surface area contributed by atoms with E-state index in [9.17, 15) is 0 Å². The summed E-state index contributed by atoms with van der Waals surface area (Å²) in [5.41, 5.74) is 7.92. The Hall–Kier alpha value is -1.02. The fourth-order valence-electron chi connectivity index (χ4n) is 1.55. The van der Waals surface area contributed by atoms with Gasteiger partial charge in [-0.3, -0.25) is 0 Å². The lowest BCUT2D eigenvalue weighted by atomic mass is 10.1. The van der Waals surface area contributed by atoms with Gasteiger partial charge in [0.2, 0.25) is 0 Å². The average molecular weight is 206 g/mol. The molecule has 2 heteroatoms. The second kappa shape index (κ2) is 6.46. The maximum absolute atomic E-state index is 5.84. The summed E-state index contributed by atoms with van der Waals surface area (Å²) < 4.78 is 0. The summed E-state index contributed by atoms with van der Waals surface area (Å²) in [6.07, 6.45) is 2.53. The van der Waals surface area contributed by atoms with Gasteiger partial charge >= 0.3 is 0 Å². The second-order valence-corrected chi connectivity index (χ2v) is 4.41. The molecule has 0 saturated carbocycles. The Balaban J connectivity index is 2.18. The molecule has 0 amide bonds. The molecule has 84 valence electrons. The molecule has 15 heavy (non-hydrogen) atoms. The van der Waals surface area contributed by atoms with Gasteiger partial charge in [0.05, 0.1) is 0 Å². The SMILES string of the molecule is CC(C)CCCNCc1ccccc1N. The number of hydrogen-bond acceptors (Lipinski definition) is 2. The molecule has 3 N–H and O–H groups in total. The molecule has 0 radical (unpaired) electrons. The van der Waals surface area contributed by atoms with Crippen LogP contribution < -0.4 is 11.1 Å². The van der Waals surface area contributed by atoms with Crippen molar-refractivity contribution in [1.82, 2.24) is 5.32 Å². The van der Waals surface area contributed by atoms with Crippen molar-refractivity contribution >= 4 is 5.69 Å². The molecule has 0 atom stereocenters. The lowest BCUT2D eigenvalue weighted by Crippen LogP contribution is -2.16. The highest BCUT2D eigenvalue weighted by Crippen LogP contribution is 2.09. The van der Waals surface area contributed by atoms with E-state index in [2.05, 4.69) is 25.2 Å². The van der Waals surface area contributed by atoms with Crippen molar-refractivity contribution in [3.63, 3.8) is 0 Å². The molecule has 0 aliphatic heterocycles. The van der Waals surface area contributed by atoms with E-state index < -0.39 is 0 Å².